The molecule has 7 heteroatoms. The van der Waals surface area contributed by atoms with Gasteiger partial charge in [-0.25, -0.2) is 4.98 Å². The summed E-state index contributed by atoms with van der Waals surface area (Å²) < 4.78 is 13.0. The van der Waals surface area contributed by atoms with E-state index in [4.69, 9.17) is 9.47 Å². The molecule has 0 saturated carbocycles. The number of methoxy groups -OCH3 is 1. The Morgan fingerprint density at radius 2 is 2.45 bits per heavy atom. The molecule has 0 radical (unpaired) electrons. The Bertz CT molecular complexity index is 652. The second kappa shape index (κ2) is 6.50. The number of amides is 1. The van der Waals surface area contributed by atoms with Crippen molar-refractivity contribution in [3.63, 3.8) is 0 Å². The third-order valence-corrected chi connectivity index (χ3v) is 4.75. The summed E-state index contributed by atoms with van der Waals surface area (Å²) >= 11 is 1.39. The molecular weight excluding hydrogens is 302 g/mol. The first-order valence-corrected chi connectivity index (χ1v) is 8.07. The van der Waals surface area contributed by atoms with Crippen molar-refractivity contribution in [1.29, 1.82) is 0 Å². The molecule has 1 fully saturated rings. The summed E-state index contributed by atoms with van der Waals surface area (Å²) in [6, 6.07) is 1.90. The minimum absolute atomic E-state index is 0.0308. The van der Waals surface area contributed by atoms with Gasteiger partial charge in [-0.3, -0.25) is 4.79 Å². The fourth-order valence-corrected chi connectivity index (χ4v) is 3.45. The first-order valence-electron chi connectivity index (χ1n) is 7.19. The van der Waals surface area contributed by atoms with Crippen molar-refractivity contribution in [3.05, 3.63) is 34.5 Å². The zero-order valence-electron chi connectivity index (χ0n) is 12.6. The molecule has 1 aliphatic rings. The average molecular weight is 321 g/mol. The average Bonchev–Trinajstić information content (AvgIpc) is 3.15. The van der Waals surface area contributed by atoms with Gasteiger partial charge in [-0.1, -0.05) is 0 Å². The minimum Gasteiger partial charge on any atom is -0.495 e. The van der Waals surface area contributed by atoms with Crippen molar-refractivity contribution < 1.29 is 14.3 Å². The van der Waals surface area contributed by atoms with Crippen LogP contribution in [0.2, 0.25) is 0 Å². The number of carbonyl (C=O) groups excluding carboxylic acids is 1. The minimum atomic E-state index is -0.0810. The van der Waals surface area contributed by atoms with Gasteiger partial charge in [0.25, 0.3) is 5.91 Å². The number of hydrogen-bond donors (Lipinski definition) is 1. The van der Waals surface area contributed by atoms with Crippen LogP contribution >= 0.6 is 11.3 Å². The van der Waals surface area contributed by atoms with Crippen LogP contribution in [0.5, 0.6) is 5.75 Å². The Kier molecular flexibility index (Phi) is 4.44. The van der Waals surface area contributed by atoms with Crippen molar-refractivity contribution in [2.75, 3.05) is 13.7 Å². The Hall–Kier alpha value is -1.86. The quantitative estimate of drug-likeness (QED) is 0.937. The highest BCUT2D eigenvalue weighted by Crippen LogP contribution is 2.29. The Morgan fingerprint density at radius 1 is 1.59 bits per heavy atom. The molecule has 118 valence electrons. The summed E-state index contributed by atoms with van der Waals surface area (Å²) in [4.78, 5) is 17.1. The van der Waals surface area contributed by atoms with E-state index < -0.39 is 0 Å². The molecule has 0 aliphatic carbocycles. The fourth-order valence-electron chi connectivity index (χ4n) is 2.69. The standard InChI is InChI=1S/C15H19N3O3S/c1-18-9-16-8-11(18)13-7-10(3-5-21-13)17-15(19)14-12(20-2)4-6-22-14/h4,6,8-10,13H,3,5,7H2,1-2H3,(H,17,19). The van der Waals surface area contributed by atoms with Gasteiger partial charge in [-0.05, 0) is 24.3 Å². The van der Waals surface area contributed by atoms with Crippen molar-refractivity contribution in [2.45, 2.75) is 25.0 Å². The molecule has 0 spiro atoms. The summed E-state index contributed by atoms with van der Waals surface area (Å²) in [6.07, 6.45) is 5.11. The highest BCUT2D eigenvalue weighted by molar-refractivity contribution is 7.12. The Labute approximate surface area is 133 Å². The molecule has 2 atom stereocenters. The van der Waals surface area contributed by atoms with Crippen LogP contribution in [0.25, 0.3) is 0 Å². The Balaban J connectivity index is 1.65. The number of hydrogen-bond acceptors (Lipinski definition) is 5. The normalized spacial score (nSPS) is 21.5. The molecule has 6 nitrogen and oxygen atoms in total. The van der Waals surface area contributed by atoms with E-state index in [2.05, 4.69) is 10.3 Å². The predicted molar refractivity (Wildman–Crippen MR) is 83.3 cm³/mol. The van der Waals surface area contributed by atoms with Crippen LogP contribution in [0.3, 0.4) is 0 Å². The highest BCUT2D eigenvalue weighted by atomic mass is 32.1. The monoisotopic (exact) mass is 321 g/mol. The summed E-state index contributed by atoms with van der Waals surface area (Å²) in [5.41, 5.74) is 1.03. The zero-order chi connectivity index (χ0) is 15.5. The summed E-state index contributed by atoms with van der Waals surface area (Å²) in [6.45, 7) is 0.627. The van der Waals surface area contributed by atoms with E-state index in [9.17, 15) is 4.79 Å². The lowest BCUT2D eigenvalue weighted by molar-refractivity contribution is -0.00299. The van der Waals surface area contributed by atoms with Crippen LogP contribution in [-0.2, 0) is 11.8 Å². The van der Waals surface area contributed by atoms with Crippen LogP contribution in [0.1, 0.15) is 34.3 Å². The zero-order valence-corrected chi connectivity index (χ0v) is 13.4. The summed E-state index contributed by atoms with van der Waals surface area (Å²) in [7, 11) is 3.52. The van der Waals surface area contributed by atoms with E-state index in [1.54, 1.807) is 13.4 Å². The largest absolute Gasteiger partial charge is 0.495 e. The number of aromatic nitrogens is 2. The van der Waals surface area contributed by atoms with Crippen molar-refractivity contribution in [2.24, 2.45) is 7.05 Å². The number of ether oxygens (including phenoxy) is 2. The fraction of sp³-hybridized carbons (Fsp3) is 0.467. The van der Waals surface area contributed by atoms with Gasteiger partial charge in [0.1, 0.15) is 16.7 Å². The lowest BCUT2D eigenvalue weighted by Gasteiger charge is -2.30. The molecule has 0 bridgehead atoms. The van der Waals surface area contributed by atoms with Crippen LogP contribution in [0, 0.1) is 0 Å². The molecule has 0 aromatic carbocycles. The maximum absolute atomic E-state index is 12.4. The number of aryl methyl sites for hydroxylation is 1. The van der Waals surface area contributed by atoms with Crippen molar-refractivity contribution in [1.82, 2.24) is 14.9 Å². The molecule has 2 aromatic heterocycles. The number of rotatable bonds is 4. The van der Waals surface area contributed by atoms with Gasteiger partial charge in [0.15, 0.2) is 0 Å². The maximum Gasteiger partial charge on any atom is 0.265 e. The van der Waals surface area contributed by atoms with Crippen molar-refractivity contribution in [3.8, 4) is 5.75 Å². The number of nitrogens with one attached hydrogen (secondary N) is 1. The van der Waals surface area contributed by atoms with Crippen molar-refractivity contribution >= 4 is 17.2 Å². The second-order valence-electron chi connectivity index (χ2n) is 5.30. The lowest BCUT2D eigenvalue weighted by atomic mass is 10.0. The topological polar surface area (TPSA) is 65.4 Å². The Morgan fingerprint density at radius 3 is 3.18 bits per heavy atom. The van der Waals surface area contributed by atoms with Crippen LogP contribution in [0.4, 0.5) is 0 Å². The van der Waals surface area contributed by atoms with Gasteiger partial charge in [0, 0.05) is 19.7 Å². The number of carbonyl (C=O) groups is 1. The molecule has 2 aromatic rings. The molecule has 1 aliphatic heterocycles. The lowest BCUT2D eigenvalue weighted by Crippen LogP contribution is -2.39. The number of thiophene rings is 1. The van der Waals surface area contributed by atoms with Crippen LogP contribution < -0.4 is 10.1 Å². The van der Waals surface area contributed by atoms with Gasteiger partial charge in [0.2, 0.25) is 0 Å². The number of nitrogens with zero attached hydrogens (tertiary/aromatic N) is 2. The van der Waals surface area contributed by atoms with Gasteiger partial charge >= 0.3 is 0 Å². The van der Waals surface area contributed by atoms with E-state index in [-0.39, 0.29) is 18.1 Å². The van der Waals surface area contributed by atoms with Crippen LogP contribution in [0.15, 0.2) is 24.0 Å². The first kappa shape index (κ1) is 15.1. The van der Waals surface area contributed by atoms with Gasteiger partial charge < -0.3 is 19.4 Å². The summed E-state index contributed by atoms with van der Waals surface area (Å²) in [5.74, 6) is 0.542. The van der Waals surface area contributed by atoms with Crippen LogP contribution in [-0.4, -0.2) is 35.2 Å². The molecule has 1 amide bonds. The van der Waals surface area contributed by atoms with Gasteiger partial charge in [0.05, 0.1) is 25.3 Å². The van der Waals surface area contributed by atoms with E-state index in [0.29, 0.717) is 17.2 Å². The molecule has 2 unspecified atom stereocenters. The highest BCUT2D eigenvalue weighted by Gasteiger charge is 2.27. The van der Waals surface area contributed by atoms with E-state index in [1.165, 1.54) is 11.3 Å². The molecule has 22 heavy (non-hydrogen) atoms. The molecule has 1 saturated heterocycles. The van der Waals surface area contributed by atoms with E-state index >= 15 is 0 Å². The maximum atomic E-state index is 12.4. The molecule has 3 rings (SSSR count). The SMILES string of the molecule is COc1ccsc1C(=O)NC1CCOC(c2cncn2C)C1. The van der Waals surface area contributed by atoms with E-state index in [0.717, 1.165) is 18.5 Å². The molecule has 3 heterocycles. The van der Waals surface area contributed by atoms with Gasteiger partial charge in [-0.15, -0.1) is 11.3 Å². The number of imidazole rings is 1. The smallest absolute Gasteiger partial charge is 0.265 e. The van der Waals surface area contributed by atoms with Gasteiger partial charge in [-0.2, -0.15) is 0 Å². The third kappa shape index (κ3) is 3.00. The third-order valence-electron chi connectivity index (χ3n) is 3.86. The second-order valence-corrected chi connectivity index (χ2v) is 6.22. The predicted octanol–water partition coefficient (Wildman–Crippen LogP) is 2.14. The molecule has 1 N–H and O–H groups in total. The van der Waals surface area contributed by atoms with E-state index in [1.807, 2.05) is 29.3 Å². The first-order chi connectivity index (χ1) is 10.7. The summed E-state index contributed by atoms with van der Waals surface area (Å²) in [5, 5.41) is 4.95. The molecular formula is C15H19N3O3S.